The fourth-order valence-electron chi connectivity index (χ4n) is 3.09. The maximum absolute atomic E-state index is 12.0. The second kappa shape index (κ2) is 11.4. The van der Waals surface area contributed by atoms with Crippen molar-refractivity contribution in [2.24, 2.45) is 4.99 Å². The fourth-order valence-corrected chi connectivity index (χ4v) is 3.09. The molecule has 0 spiro atoms. The van der Waals surface area contributed by atoms with E-state index in [0.717, 1.165) is 17.1 Å². The number of anilines is 1. The number of hydrogen-bond acceptors (Lipinski definition) is 5. The van der Waals surface area contributed by atoms with Crippen LogP contribution in [0.1, 0.15) is 16.1 Å². The first kappa shape index (κ1) is 23.5. The van der Waals surface area contributed by atoms with Crippen molar-refractivity contribution >= 4 is 41.5 Å². The van der Waals surface area contributed by atoms with Crippen molar-refractivity contribution in [2.75, 3.05) is 25.5 Å². The molecule has 0 radical (unpaired) electrons. The third-order valence-electron chi connectivity index (χ3n) is 4.71. The Morgan fingerprint density at radius 2 is 1.81 bits per heavy atom. The van der Waals surface area contributed by atoms with Crippen LogP contribution in [0.4, 0.5) is 5.69 Å². The first-order valence-corrected chi connectivity index (χ1v) is 9.98. The SMILES string of the molecule is CN=C(NCc1ccc(NC(=O)c2ccco2)cc1)NCC1COc2ccccc2O1.I. The van der Waals surface area contributed by atoms with E-state index in [0.29, 0.717) is 31.3 Å². The van der Waals surface area contributed by atoms with Crippen molar-refractivity contribution in [3.8, 4) is 11.5 Å². The van der Waals surface area contributed by atoms with Crippen molar-refractivity contribution in [3.63, 3.8) is 0 Å². The summed E-state index contributed by atoms with van der Waals surface area (Å²) in [6.45, 7) is 1.62. The molecule has 0 saturated heterocycles. The van der Waals surface area contributed by atoms with E-state index in [4.69, 9.17) is 13.9 Å². The largest absolute Gasteiger partial charge is 0.486 e. The molecule has 4 rings (SSSR count). The Labute approximate surface area is 203 Å². The van der Waals surface area contributed by atoms with Crippen LogP contribution in [0.2, 0.25) is 0 Å². The molecular formula is C23H25IN4O4. The number of guanidine groups is 1. The van der Waals surface area contributed by atoms with Gasteiger partial charge in [0.25, 0.3) is 5.91 Å². The molecule has 3 N–H and O–H groups in total. The molecule has 2 heterocycles. The van der Waals surface area contributed by atoms with Crippen molar-refractivity contribution in [1.29, 1.82) is 0 Å². The monoisotopic (exact) mass is 548 g/mol. The van der Waals surface area contributed by atoms with E-state index in [1.54, 1.807) is 19.2 Å². The van der Waals surface area contributed by atoms with Crippen LogP contribution >= 0.6 is 24.0 Å². The summed E-state index contributed by atoms with van der Waals surface area (Å²) in [5.41, 5.74) is 1.74. The summed E-state index contributed by atoms with van der Waals surface area (Å²) < 4.78 is 16.8. The highest BCUT2D eigenvalue weighted by molar-refractivity contribution is 14.0. The van der Waals surface area contributed by atoms with E-state index in [9.17, 15) is 4.79 Å². The van der Waals surface area contributed by atoms with Gasteiger partial charge in [0.15, 0.2) is 23.2 Å². The van der Waals surface area contributed by atoms with Gasteiger partial charge in [0, 0.05) is 19.3 Å². The number of rotatable bonds is 6. The minimum atomic E-state index is -0.281. The van der Waals surface area contributed by atoms with E-state index in [1.807, 2.05) is 48.5 Å². The van der Waals surface area contributed by atoms with E-state index < -0.39 is 0 Å². The van der Waals surface area contributed by atoms with Gasteiger partial charge in [0.05, 0.1) is 12.8 Å². The molecule has 1 amide bonds. The zero-order valence-corrected chi connectivity index (χ0v) is 19.9. The number of hydrogen-bond donors (Lipinski definition) is 3. The Morgan fingerprint density at radius 1 is 1.03 bits per heavy atom. The van der Waals surface area contributed by atoms with Gasteiger partial charge in [0.1, 0.15) is 12.7 Å². The molecule has 0 saturated carbocycles. The van der Waals surface area contributed by atoms with Gasteiger partial charge in [-0.05, 0) is 42.0 Å². The summed E-state index contributed by atoms with van der Waals surface area (Å²) in [6, 6.07) is 18.5. The average Bonchev–Trinajstić information content (AvgIpc) is 3.35. The number of carbonyl (C=O) groups is 1. The molecule has 1 unspecified atom stereocenters. The number of fused-ring (bicyclic) bond motifs is 1. The van der Waals surface area contributed by atoms with Crippen molar-refractivity contribution in [2.45, 2.75) is 12.6 Å². The highest BCUT2D eigenvalue weighted by atomic mass is 127. The summed E-state index contributed by atoms with van der Waals surface area (Å²) in [5, 5.41) is 9.32. The van der Waals surface area contributed by atoms with Crippen LogP contribution in [-0.2, 0) is 6.54 Å². The Hall–Kier alpha value is -3.21. The molecular weight excluding hydrogens is 523 g/mol. The Morgan fingerprint density at radius 3 is 2.53 bits per heavy atom. The molecule has 0 bridgehead atoms. The molecule has 168 valence electrons. The van der Waals surface area contributed by atoms with Crippen LogP contribution in [0.5, 0.6) is 11.5 Å². The maximum atomic E-state index is 12.0. The zero-order chi connectivity index (χ0) is 21.5. The second-order valence-electron chi connectivity index (χ2n) is 6.93. The third-order valence-corrected chi connectivity index (χ3v) is 4.71. The number of amides is 1. The number of furan rings is 1. The van der Waals surface area contributed by atoms with Crippen LogP contribution in [0.25, 0.3) is 0 Å². The summed E-state index contributed by atoms with van der Waals surface area (Å²) in [4.78, 5) is 16.3. The molecule has 0 aliphatic carbocycles. The normalized spacial score (nSPS) is 14.8. The smallest absolute Gasteiger partial charge is 0.291 e. The highest BCUT2D eigenvalue weighted by Crippen LogP contribution is 2.30. The molecule has 1 aliphatic rings. The summed E-state index contributed by atoms with van der Waals surface area (Å²) in [7, 11) is 1.72. The number of benzene rings is 2. The Kier molecular flexibility index (Phi) is 8.37. The number of ether oxygens (including phenoxy) is 2. The molecule has 32 heavy (non-hydrogen) atoms. The molecule has 0 fully saturated rings. The minimum absolute atomic E-state index is 0. The Balaban J connectivity index is 0.00000289. The number of nitrogens with zero attached hydrogens (tertiary/aromatic N) is 1. The molecule has 1 atom stereocenters. The lowest BCUT2D eigenvalue weighted by atomic mass is 10.2. The van der Waals surface area contributed by atoms with Crippen LogP contribution in [0.3, 0.4) is 0 Å². The van der Waals surface area contributed by atoms with E-state index in [2.05, 4.69) is 20.9 Å². The predicted octanol–water partition coefficient (Wildman–Crippen LogP) is 3.65. The number of aliphatic imine (C=N–C) groups is 1. The van der Waals surface area contributed by atoms with Crippen LogP contribution in [-0.4, -0.2) is 38.2 Å². The van der Waals surface area contributed by atoms with E-state index >= 15 is 0 Å². The lowest BCUT2D eigenvalue weighted by molar-refractivity contribution is 0.0936. The molecule has 1 aliphatic heterocycles. The lowest BCUT2D eigenvalue weighted by Gasteiger charge is -2.27. The van der Waals surface area contributed by atoms with Crippen LogP contribution < -0.4 is 25.4 Å². The molecule has 9 heteroatoms. The fraction of sp³-hybridized carbons (Fsp3) is 0.217. The minimum Gasteiger partial charge on any atom is -0.486 e. The van der Waals surface area contributed by atoms with Gasteiger partial charge in [-0.2, -0.15) is 0 Å². The van der Waals surface area contributed by atoms with E-state index in [-0.39, 0.29) is 41.7 Å². The third kappa shape index (κ3) is 6.16. The van der Waals surface area contributed by atoms with Gasteiger partial charge in [-0.15, -0.1) is 24.0 Å². The molecule has 8 nitrogen and oxygen atoms in total. The highest BCUT2D eigenvalue weighted by Gasteiger charge is 2.20. The van der Waals surface area contributed by atoms with Gasteiger partial charge in [-0.25, -0.2) is 0 Å². The number of carbonyl (C=O) groups excluding carboxylic acids is 1. The van der Waals surface area contributed by atoms with Gasteiger partial charge < -0.3 is 29.8 Å². The topological polar surface area (TPSA) is 97.1 Å². The van der Waals surface area contributed by atoms with Gasteiger partial charge in [-0.3, -0.25) is 9.79 Å². The quantitative estimate of drug-likeness (QED) is 0.247. The number of nitrogens with one attached hydrogen (secondary N) is 3. The van der Waals surface area contributed by atoms with Crippen molar-refractivity contribution in [1.82, 2.24) is 10.6 Å². The zero-order valence-electron chi connectivity index (χ0n) is 17.5. The maximum Gasteiger partial charge on any atom is 0.291 e. The second-order valence-corrected chi connectivity index (χ2v) is 6.93. The summed E-state index contributed by atoms with van der Waals surface area (Å²) in [5.74, 6) is 2.18. The van der Waals surface area contributed by atoms with Gasteiger partial charge in [-0.1, -0.05) is 24.3 Å². The summed E-state index contributed by atoms with van der Waals surface area (Å²) >= 11 is 0. The molecule has 3 aromatic rings. The Bertz CT molecular complexity index is 1040. The number of halogens is 1. The lowest BCUT2D eigenvalue weighted by Crippen LogP contribution is -2.45. The van der Waals surface area contributed by atoms with Crippen LogP contribution in [0, 0.1) is 0 Å². The molecule has 1 aromatic heterocycles. The van der Waals surface area contributed by atoms with Gasteiger partial charge in [0.2, 0.25) is 0 Å². The average molecular weight is 548 g/mol. The predicted molar refractivity (Wildman–Crippen MR) is 133 cm³/mol. The first-order valence-electron chi connectivity index (χ1n) is 9.98. The van der Waals surface area contributed by atoms with Crippen molar-refractivity contribution in [3.05, 3.63) is 78.3 Å². The number of para-hydroxylation sites is 2. The first-order chi connectivity index (χ1) is 15.2. The van der Waals surface area contributed by atoms with E-state index in [1.165, 1.54) is 6.26 Å². The van der Waals surface area contributed by atoms with Crippen LogP contribution in [0.15, 0.2) is 76.3 Å². The summed E-state index contributed by atoms with van der Waals surface area (Å²) in [6.07, 6.45) is 1.36. The van der Waals surface area contributed by atoms with Gasteiger partial charge >= 0.3 is 0 Å². The van der Waals surface area contributed by atoms with Crippen molar-refractivity contribution < 1.29 is 18.7 Å². The standard InChI is InChI=1S/C23H24N4O4.HI/c1-24-23(26-14-18-15-30-19-5-2-3-6-20(19)31-18)25-13-16-8-10-17(11-9-16)27-22(28)21-7-4-12-29-21;/h2-12,18H,13-15H2,1H3,(H,27,28)(H2,24,25,26);1H. The molecule has 2 aromatic carbocycles.